The molecule has 0 heterocycles. The second-order valence-corrected chi connectivity index (χ2v) is 2.59. The van der Waals surface area contributed by atoms with E-state index in [4.69, 9.17) is 5.41 Å². The molecule has 3 heteroatoms. The third-order valence-corrected chi connectivity index (χ3v) is 1.18. The molecule has 0 aliphatic rings. The van der Waals surface area contributed by atoms with E-state index in [1.165, 1.54) is 6.92 Å². The van der Waals surface area contributed by atoms with E-state index in [1.54, 1.807) is 0 Å². The van der Waals surface area contributed by atoms with Gasteiger partial charge in [0.25, 0.3) is 5.91 Å². The number of carbonyl (C=O) groups excluding carboxylic acids is 1. The van der Waals surface area contributed by atoms with Gasteiger partial charge in [-0.1, -0.05) is 5.57 Å². The lowest BCUT2D eigenvalue weighted by atomic mass is 10.2. The van der Waals surface area contributed by atoms with Crippen molar-refractivity contribution in [3.63, 3.8) is 0 Å². The summed E-state index contributed by atoms with van der Waals surface area (Å²) < 4.78 is 0. The zero-order valence-electron chi connectivity index (χ0n) is 7.03. The Hall–Kier alpha value is -1.12. The lowest BCUT2D eigenvalue weighted by Crippen LogP contribution is -2.29. The van der Waals surface area contributed by atoms with Gasteiger partial charge in [-0.3, -0.25) is 10.2 Å². The molecule has 11 heavy (non-hydrogen) atoms. The van der Waals surface area contributed by atoms with Crippen LogP contribution in [0.4, 0.5) is 0 Å². The summed E-state index contributed by atoms with van der Waals surface area (Å²) in [5.41, 5.74) is 1.08. The van der Waals surface area contributed by atoms with E-state index in [-0.39, 0.29) is 11.6 Å². The Labute approximate surface area is 67.0 Å². The van der Waals surface area contributed by atoms with Crippen LogP contribution in [0.5, 0.6) is 0 Å². The van der Waals surface area contributed by atoms with E-state index in [0.29, 0.717) is 6.54 Å². The van der Waals surface area contributed by atoms with Crippen LogP contribution >= 0.6 is 0 Å². The van der Waals surface area contributed by atoms with Gasteiger partial charge in [0, 0.05) is 6.54 Å². The maximum atomic E-state index is 10.8. The quantitative estimate of drug-likeness (QED) is 0.462. The maximum absolute atomic E-state index is 10.8. The van der Waals surface area contributed by atoms with Crippen LogP contribution in [0.2, 0.25) is 0 Å². The highest BCUT2D eigenvalue weighted by molar-refractivity contribution is 6.36. The molecule has 0 fully saturated rings. The van der Waals surface area contributed by atoms with Gasteiger partial charge in [-0.05, 0) is 20.3 Å². The molecule has 0 aromatic heterocycles. The molecular formula is C8H14N2O. The van der Waals surface area contributed by atoms with Crippen LogP contribution in [0.25, 0.3) is 0 Å². The van der Waals surface area contributed by atoms with Gasteiger partial charge in [-0.25, -0.2) is 0 Å². The van der Waals surface area contributed by atoms with Crippen LogP contribution in [0.3, 0.4) is 0 Å². The summed E-state index contributed by atoms with van der Waals surface area (Å²) >= 11 is 0. The Morgan fingerprint density at radius 3 is 2.45 bits per heavy atom. The van der Waals surface area contributed by atoms with Gasteiger partial charge < -0.3 is 5.32 Å². The molecule has 0 bridgehead atoms. The van der Waals surface area contributed by atoms with Crippen LogP contribution in [-0.2, 0) is 4.79 Å². The van der Waals surface area contributed by atoms with Gasteiger partial charge in [0.05, 0.1) is 5.71 Å². The Morgan fingerprint density at radius 2 is 2.09 bits per heavy atom. The van der Waals surface area contributed by atoms with Crippen molar-refractivity contribution in [2.45, 2.75) is 20.3 Å². The third-order valence-electron chi connectivity index (χ3n) is 1.18. The summed E-state index contributed by atoms with van der Waals surface area (Å²) in [5.74, 6) is -0.300. The zero-order chi connectivity index (χ0) is 8.85. The van der Waals surface area contributed by atoms with Crippen molar-refractivity contribution in [3.8, 4) is 0 Å². The normalized spacial score (nSPS) is 8.91. The van der Waals surface area contributed by atoms with Crippen molar-refractivity contribution < 1.29 is 4.79 Å². The summed E-state index contributed by atoms with van der Waals surface area (Å²) in [4.78, 5) is 10.8. The van der Waals surface area contributed by atoms with E-state index < -0.39 is 0 Å². The molecule has 0 saturated carbocycles. The van der Waals surface area contributed by atoms with Crippen LogP contribution < -0.4 is 5.32 Å². The number of carbonyl (C=O) groups is 1. The first kappa shape index (κ1) is 9.88. The van der Waals surface area contributed by atoms with Crippen molar-refractivity contribution in [1.82, 2.24) is 5.32 Å². The SMILES string of the molecule is C=C(C)CCNC(=O)C(C)=N. The molecule has 0 atom stereocenters. The molecule has 0 rings (SSSR count). The molecule has 0 aliphatic carbocycles. The fourth-order valence-electron chi connectivity index (χ4n) is 0.522. The molecule has 0 aromatic carbocycles. The monoisotopic (exact) mass is 154 g/mol. The predicted molar refractivity (Wildman–Crippen MR) is 45.8 cm³/mol. The Bertz CT molecular complexity index is 185. The second kappa shape index (κ2) is 4.66. The van der Waals surface area contributed by atoms with Crippen LogP contribution in [0, 0.1) is 5.41 Å². The first-order valence-corrected chi connectivity index (χ1v) is 3.51. The third kappa shape index (κ3) is 5.33. The molecule has 1 amide bonds. The Balaban J connectivity index is 3.47. The van der Waals surface area contributed by atoms with Crippen molar-refractivity contribution in [2.24, 2.45) is 0 Å². The first-order valence-electron chi connectivity index (χ1n) is 3.51. The Kier molecular flexibility index (Phi) is 4.18. The molecule has 0 spiro atoms. The molecule has 0 saturated heterocycles. The molecule has 0 aromatic rings. The fourth-order valence-corrected chi connectivity index (χ4v) is 0.522. The summed E-state index contributed by atoms with van der Waals surface area (Å²) in [6.07, 6.45) is 0.777. The van der Waals surface area contributed by atoms with E-state index in [1.807, 2.05) is 6.92 Å². The zero-order valence-corrected chi connectivity index (χ0v) is 7.03. The van der Waals surface area contributed by atoms with Gasteiger partial charge in [-0.2, -0.15) is 0 Å². The van der Waals surface area contributed by atoms with E-state index in [9.17, 15) is 4.79 Å². The van der Waals surface area contributed by atoms with Gasteiger partial charge in [0.1, 0.15) is 0 Å². The number of hydrogen-bond donors (Lipinski definition) is 2. The second-order valence-electron chi connectivity index (χ2n) is 2.59. The van der Waals surface area contributed by atoms with E-state index >= 15 is 0 Å². The number of amides is 1. The van der Waals surface area contributed by atoms with Gasteiger partial charge in [-0.15, -0.1) is 6.58 Å². The smallest absolute Gasteiger partial charge is 0.264 e. The van der Waals surface area contributed by atoms with Gasteiger partial charge >= 0.3 is 0 Å². The highest BCUT2D eigenvalue weighted by Crippen LogP contribution is 1.91. The lowest BCUT2D eigenvalue weighted by Gasteiger charge is -2.02. The van der Waals surface area contributed by atoms with Crippen molar-refractivity contribution >= 4 is 11.6 Å². The summed E-state index contributed by atoms with van der Waals surface area (Å²) in [5, 5.41) is 9.54. The molecule has 0 unspecified atom stereocenters. The minimum absolute atomic E-state index is 0.0479. The average molecular weight is 154 g/mol. The minimum Gasteiger partial charge on any atom is -0.351 e. The van der Waals surface area contributed by atoms with Gasteiger partial charge in [0.2, 0.25) is 0 Å². The van der Waals surface area contributed by atoms with E-state index in [0.717, 1.165) is 12.0 Å². The van der Waals surface area contributed by atoms with E-state index in [2.05, 4.69) is 11.9 Å². The van der Waals surface area contributed by atoms with Gasteiger partial charge in [0.15, 0.2) is 0 Å². The van der Waals surface area contributed by atoms with Crippen LogP contribution in [0.1, 0.15) is 20.3 Å². The fraction of sp³-hybridized carbons (Fsp3) is 0.500. The minimum atomic E-state index is -0.300. The molecule has 0 aliphatic heterocycles. The van der Waals surface area contributed by atoms with Crippen molar-refractivity contribution in [2.75, 3.05) is 6.54 Å². The Morgan fingerprint density at radius 1 is 1.55 bits per heavy atom. The predicted octanol–water partition coefficient (Wildman–Crippen LogP) is 1.11. The topological polar surface area (TPSA) is 53.0 Å². The summed E-state index contributed by atoms with van der Waals surface area (Å²) in [6.45, 7) is 7.64. The summed E-state index contributed by atoms with van der Waals surface area (Å²) in [6, 6.07) is 0. The number of hydrogen-bond acceptors (Lipinski definition) is 2. The largest absolute Gasteiger partial charge is 0.351 e. The maximum Gasteiger partial charge on any atom is 0.264 e. The molecular weight excluding hydrogens is 140 g/mol. The highest BCUT2D eigenvalue weighted by Gasteiger charge is 2.00. The molecule has 0 radical (unpaired) electrons. The average Bonchev–Trinajstić information content (AvgIpc) is 1.86. The first-order chi connectivity index (χ1) is 5.04. The highest BCUT2D eigenvalue weighted by atomic mass is 16.1. The number of rotatable bonds is 4. The summed E-state index contributed by atoms with van der Waals surface area (Å²) in [7, 11) is 0. The standard InChI is InChI=1S/C8H14N2O/c1-6(2)4-5-10-8(11)7(3)9/h9H,1,4-5H2,2-3H3,(H,10,11). The lowest BCUT2D eigenvalue weighted by molar-refractivity contribution is -0.114. The molecule has 3 nitrogen and oxygen atoms in total. The molecule has 62 valence electrons. The van der Waals surface area contributed by atoms with Crippen molar-refractivity contribution in [1.29, 1.82) is 5.41 Å². The van der Waals surface area contributed by atoms with Crippen LogP contribution in [0.15, 0.2) is 12.2 Å². The van der Waals surface area contributed by atoms with Crippen LogP contribution in [-0.4, -0.2) is 18.2 Å². The van der Waals surface area contributed by atoms with Crippen molar-refractivity contribution in [3.05, 3.63) is 12.2 Å². The molecule has 2 N–H and O–H groups in total. The number of nitrogens with one attached hydrogen (secondary N) is 2.